The van der Waals surface area contributed by atoms with Crippen molar-refractivity contribution in [3.8, 4) is 5.88 Å². The summed E-state index contributed by atoms with van der Waals surface area (Å²) in [5.74, 6) is 0.668. The van der Waals surface area contributed by atoms with Crippen LogP contribution in [-0.2, 0) is 0 Å². The molecule has 1 aromatic rings. The quantitative estimate of drug-likeness (QED) is 0.690. The first-order valence-electron chi connectivity index (χ1n) is 4.96. The highest BCUT2D eigenvalue weighted by atomic mass is 16.5. The summed E-state index contributed by atoms with van der Waals surface area (Å²) in [7, 11) is -1.54. The molecule has 2 N–H and O–H groups in total. The van der Waals surface area contributed by atoms with Crippen molar-refractivity contribution in [2.45, 2.75) is 20.8 Å². The van der Waals surface area contributed by atoms with Crippen LogP contribution in [0.15, 0.2) is 12.3 Å². The van der Waals surface area contributed by atoms with Crippen molar-refractivity contribution in [3.05, 3.63) is 17.8 Å². The van der Waals surface area contributed by atoms with Crippen LogP contribution in [0.3, 0.4) is 0 Å². The molecule has 0 aliphatic rings. The Bertz CT molecular complexity index is 328. The summed E-state index contributed by atoms with van der Waals surface area (Å²) in [5, 5.41) is 18.3. The van der Waals surface area contributed by atoms with E-state index in [9.17, 15) is 0 Å². The molecule has 0 fully saturated rings. The number of hydrogen-bond donors (Lipinski definition) is 2. The maximum Gasteiger partial charge on any atom is 0.494 e. The average Bonchev–Trinajstić information content (AvgIpc) is 2.15. The summed E-state index contributed by atoms with van der Waals surface area (Å²) in [6.45, 7) is 6.38. The molecule has 4 nitrogen and oxygen atoms in total. The van der Waals surface area contributed by atoms with E-state index in [1.807, 2.05) is 20.8 Å². The molecule has 0 amide bonds. The highest BCUT2D eigenvalue weighted by molar-refractivity contribution is 6.59. The maximum atomic E-state index is 9.13. The Labute approximate surface area is 90.1 Å². The van der Waals surface area contributed by atoms with Crippen molar-refractivity contribution in [1.82, 2.24) is 4.98 Å². The van der Waals surface area contributed by atoms with Gasteiger partial charge in [0, 0.05) is 11.7 Å². The molecule has 0 aliphatic carbocycles. The largest absolute Gasteiger partial charge is 0.494 e. The second-order valence-corrected chi connectivity index (χ2v) is 3.99. The molecule has 15 heavy (non-hydrogen) atoms. The monoisotopic (exact) mass is 209 g/mol. The molecular weight excluding hydrogens is 193 g/mol. The molecule has 0 saturated heterocycles. The van der Waals surface area contributed by atoms with Gasteiger partial charge >= 0.3 is 7.12 Å². The van der Waals surface area contributed by atoms with Gasteiger partial charge < -0.3 is 14.8 Å². The lowest BCUT2D eigenvalue weighted by atomic mass is 9.80. The van der Waals surface area contributed by atoms with Crippen LogP contribution in [0.1, 0.15) is 19.4 Å². The van der Waals surface area contributed by atoms with Gasteiger partial charge in [0.1, 0.15) is 0 Å². The summed E-state index contributed by atoms with van der Waals surface area (Å²) >= 11 is 0. The third-order valence-electron chi connectivity index (χ3n) is 1.85. The first kappa shape index (κ1) is 12.0. The molecule has 0 aromatic carbocycles. The zero-order valence-electron chi connectivity index (χ0n) is 9.27. The van der Waals surface area contributed by atoms with Crippen molar-refractivity contribution in [1.29, 1.82) is 0 Å². The van der Waals surface area contributed by atoms with Crippen LogP contribution in [0.25, 0.3) is 0 Å². The average molecular weight is 209 g/mol. The van der Waals surface area contributed by atoms with Gasteiger partial charge in [-0.15, -0.1) is 0 Å². The topological polar surface area (TPSA) is 62.6 Å². The predicted octanol–water partition coefficient (Wildman–Crippen LogP) is 0.105. The number of pyridine rings is 1. The predicted molar refractivity (Wildman–Crippen MR) is 59.1 cm³/mol. The lowest BCUT2D eigenvalue weighted by Crippen LogP contribution is -2.32. The fourth-order valence-electron chi connectivity index (χ4n) is 1.13. The van der Waals surface area contributed by atoms with E-state index in [-0.39, 0.29) is 0 Å². The standard InChI is InChI=1S/C10H16BNO3/c1-7(2)6-15-10-9(11(13)14)4-8(3)5-12-10/h4-5,7,13-14H,6H2,1-3H3. The van der Waals surface area contributed by atoms with Gasteiger partial charge in [0.05, 0.1) is 6.61 Å². The molecule has 1 heterocycles. The van der Waals surface area contributed by atoms with Crippen molar-refractivity contribution >= 4 is 12.6 Å². The van der Waals surface area contributed by atoms with Crippen LogP contribution in [0.5, 0.6) is 5.88 Å². The van der Waals surface area contributed by atoms with Gasteiger partial charge in [-0.05, 0) is 18.4 Å². The van der Waals surface area contributed by atoms with Crippen molar-refractivity contribution in [2.75, 3.05) is 6.61 Å². The summed E-state index contributed by atoms with van der Waals surface area (Å²) in [6.07, 6.45) is 1.64. The molecule has 0 atom stereocenters. The van der Waals surface area contributed by atoms with E-state index in [0.717, 1.165) is 5.56 Å². The third kappa shape index (κ3) is 3.53. The van der Waals surface area contributed by atoms with Crippen molar-refractivity contribution < 1.29 is 14.8 Å². The second-order valence-electron chi connectivity index (χ2n) is 3.99. The van der Waals surface area contributed by atoms with Crippen molar-refractivity contribution in [3.63, 3.8) is 0 Å². The Morgan fingerprint density at radius 3 is 2.67 bits per heavy atom. The highest BCUT2D eigenvalue weighted by Gasteiger charge is 2.18. The minimum Gasteiger partial charge on any atom is -0.478 e. The fraction of sp³-hybridized carbons (Fsp3) is 0.500. The molecular formula is C10H16BNO3. The van der Waals surface area contributed by atoms with Gasteiger partial charge in [-0.3, -0.25) is 0 Å². The molecule has 0 aliphatic heterocycles. The number of hydrogen-bond acceptors (Lipinski definition) is 4. The van der Waals surface area contributed by atoms with E-state index in [4.69, 9.17) is 14.8 Å². The van der Waals surface area contributed by atoms with E-state index in [1.54, 1.807) is 12.3 Å². The van der Waals surface area contributed by atoms with Crippen LogP contribution >= 0.6 is 0 Å². The molecule has 0 saturated carbocycles. The summed E-state index contributed by atoms with van der Waals surface area (Å²) in [4.78, 5) is 4.03. The number of rotatable bonds is 4. The maximum absolute atomic E-state index is 9.13. The first-order chi connectivity index (χ1) is 7.00. The van der Waals surface area contributed by atoms with E-state index in [1.165, 1.54) is 0 Å². The molecule has 82 valence electrons. The Kier molecular flexibility index (Phi) is 4.11. The van der Waals surface area contributed by atoms with Crippen LogP contribution in [0, 0.1) is 12.8 Å². The minimum absolute atomic E-state index is 0.296. The molecule has 0 radical (unpaired) electrons. The smallest absolute Gasteiger partial charge is 0.478 e. The fourth-order valence-corrected chi connectivity index (χ4v) is 1.13. The molecule has 0 bridgehead atoms. The Morgan fingerprint density at radius 1 is 1.47 bits per heavy atom. The van der Waals surface area contributed by atoms with E-state index < -0.39 is 7.12 Å². The summed E-state index contributed by atoms with van der Waals surface area (Å²) < 4.78 is 5.38. The Hall–Kier alpha value is -1.07. The van der Waals surface area contributed by atoms with E-state index >= 15 is 0 Å². The van der Waals surface area contributed by atoms with Gasteiger partial charge in [0.25, 0.3) is 0 Å². The summed E-state index contributed by atoms with van der Waals surface area (Å²) in [6, 6.07) is 1.66. The summed E-state index contributed by atoms with van der Waals surface area (Å²) in [5.41, 5.74) is 1.19. The highest BCUT2D eigenvalue weighted by Crippen LogP contribution is 2.06. The second kappa shape index (κ2) is 5.14. The molecule has 1 rings (SSSR count). The Morgan fingerprint density at radius 2 is 2.13 bits per heavy atom. The zero-order valence-corrected chi connectivity index (χ0v) is 9.27. The van der Waals surface area contributed by atoms with Crippen molar-refractivity contribution in [2.24, 2.45) is 5.92 Å². The number of ether oxygens (including phenoxy) is 1. The number of aryl methyl sites for hydroxylation is 1. The van der Waals surface area contributed by atoms with Crippen LogP contribution in [-0.4, -0.2) is 28.8 Å². The van der Waals surface area contributed by atoms with Crippen LogP contribution in [0.4, 0.5) is 0 Å². The lowest BCUT2D eigenvalue weighted by molar-refractivity contribution is 0.262. The normalized spacial score (nSPS) is 10.5. The number of aromatic nitrogens is 1. The Balaban J connectivity index is 2.86. The molecule has 1 aromatic heterocycles. The molecule has 0 unspecified atom stereocenters. The van der Waals surface area contributed by atoms with Crippen LogP contribution < -0.4 is 10.2 Å². The zero-order chi connectivity index (χ0) is 11.4. The minimum atomic E-state index is -1.54. The first-order valence-corrected chi connectivity index (χ1v) is 4.96. The van der Waals surface area contributed by atoms with E-state index in [0.29, 0.717) is 23.9 Å². The van der Waals surface area contributed by atoms with Gasteiger partial charge in [0.15, 0.2) is 0 Å². The van der Waals surface area contributed by atoms with Gasteiger partial charge in [-0.1, -0.05) is 19.9 Å². The van der Waals surface area contributed by atoms with Gasteiger partial charge in [-0.2, -0.15) is 0 Å². The third-order valence-corrected chi connectivity index (χ3v) is 1.85. The van der Waals surface area contributed by atoms with Gasteiger partial charge in [0.2, 0.25) is 5.88 Å². The molecule has 0 spiro atoms. The lowest BCUT2D eigenvalue weighted by Gasteiger charge is -2.11. The van der Waals surface area contributed by atoms with E-state index in [2.05, 4.69) is 4.98 Å². The van der Waals surface area contributed by atoms with Gasteiger partial charge in [-0.25, -0.2) is 4.98 Å². The number of nitrogens with zero attached hydrogens (tertiary/aromatic N) is 1. The SMILES string of the molecule is Cc1cnc(OCC(C)C)c(B(O)O)c1. The van der Waals surface area contributed by atoms with Crippen LogP contribution in [0.2, 0.25) is 0 Å². The molecule has 5 heteroatoms.